The SMILES string of the molecule is Cc1ccc(C(=O)O)c(C(O)C(O)CCCl)c1. The maximum Gasteiger partial charge on any atom is 0.336 e. The Morgan fingerprint density at radius 1 is 1.41 bits per heavy atom. The molecule has 17 heavy (non-hydrogen) atoms. The first-order valence-electron chi connectivity index (χ1n) is 5.23. The van der Waals surface area contributed by atoms with E-state index in [4.69, 9.17) is 16.7 Å². The number of alkyl halides is 1. The zero-order chi connectivity index (χ0) is 13.0. The van der Waals surface area contributed by atoms with Crippen molar-refractivity contribution in [3.63, 3.8) is 0 Å². The van der Waals surface area contributed by atoms with E-state index in [0.29, 0.717) is 0 Å². The molecule has 0 bridgehead atoms. The summed E-state index contributed by atoms with van der Waals surface area (Å²) in [4.78, 5) is 11.0. The third-order valence-corrected chi connectivity index (χ3v) is 2.74. The first-order chi connectivity index (χ1) is 7.97. The molecule has 3 N–H and O–H groups in total. The highest BCUT2D eigenvalue weighted by Gasteiger charge is 2.23. The van der Waals surface area contributed by atoms with Crippen molar-refractivity contribution in [3.8, 4) is 0 Å². The van der Waals surface area contributed by atoms with E-state index in [-0.39, 0.29) is 23.4 Å². The summed E-state index contributed by atoms with van der Waals surface area (Å²) in [5.41, 5.74) is 1.04. The lowest BCUT2D eigenvalue weighted by Crippen LogP contribution is -2.21. The number of rotatable bonds is 5. The van der Waals surface area contributed by atoms with Crippen LogP contribution >= 0.6 is 11.6 Å². The number of aliphatic hydroxyl groups excluding tert-OH is 2. The highest BCUT2D eigenvalue weighted by atomic mass is 35.5. The molecule has 2 atom stereocenters. The van der Waals surface area contributed by atoms with Gasteiger partial charge in [-0.3, -0.25) is 0 Å². The van der Waals surface area contributed by atoms with Crippen LogP contribution in [0, 0.1) is 6.92 Å². The smallest absolute Gasteiger partial charge is 0.336 e. The van der Waals surface area contributed by atoms with Crippen LogP contribution in [0.1, 0.15) is 34.0 Å². The van der Waals surface area contributed by atoms with Crippen molar-refractivity contribution >= 4 is 17.6 Å². The van der Waals surface area contributed by atoms with Gasteiger partial charge in [-0.05, 0) is 25.0 Å². The van der Waals surface area contributed by atoms with E-state index < -0.39 is 18.2 Å². The number of aliphatic hydroxyl groups is 2. The molecule has 0 aromatic heterocycles. The monoisotopic (exact) mass is 258 g/mol. The highest BCUT2D eigenvalue weighted by molar-refractivity contribution is 6.17. The summed E-state index contributed by atoms with van der Waals surface area (Å²) < 4.78 is 0. The molecule has 1 aromatic rings. The Balaban J connectivity index is 3.10. The maximum absolute atomic E-state index is 11.0. The van der Waals surface area contributed by atoms with E-state index >= 15 is 0 Å². The molecule has 5 heteroatoms. The molecule has 2 unspecified atom stereocenters. The summed E-state index contributed by atoms with van der Waals surface area (Å²) >= 11 is 5.47. The Hall–Kier alpha value is -1.10. The Labute approximate surface area is 104 Å². The molecule has 0 radical (unpaired) electrons. The van der Waals surface area contributed by atoms with E-state index in [9.17, 15) is 15.0 Å². The second kappa shape index (κ2) is 6.00. The van der Waals surface area contributed by atoms with Gasteiger partial charge in [0.05, 0.1) is 11.7 Å². The number of halogens is 1. The summed E-state index contributed by atoms with van der Waals surface area (Å²) in [6.45, 7) is 1.79. The lowest BCUT2D eigenvalue weighted by molar-refractivity contribution is 0.0160. The number of hydrogen-bond acceptors (Lipinski definition) is 3. The number of carboxylic acids is 1. The Bertz CT molecular complexity index is 405. The molecule has 0 aliphatic rings. The molecule has 0 aliphatic carbocycles. The lowest BCUT2D eigenvalue weighted by Gasteiger charge is -2.19. The van der Waals surface area contributed by atoms with Gasteiger partial charge in [0.25, 0.3) is 0 Å². The average molecular weight is 259 g/mol. The quantitative estimate of drug-likeness (QED) is 0.703. The lowest BCUT2D eigenvalue weighted by atomic mass is 9.95. The van der Waals surface area contributed by atoms with E-state index in [1.54, 1.807) is 19.1 Å². The third kappa shape index (κ3) is 3.43. The normalized spacial score (nSPS) is 14.4. The summed E-state index contributed by atoms with van der Waals surface area (Å²) in [6, 6.07) is 4.63. The molecule has 4 nitrogen and oxygen atoms in total. The molecular weight excluding hydrogens is 244 g/mol. The van der Waals surface area contributed by atoms with Gasteiger partial charge in [-0.25, -0.2) is 4.79 Å². The fourth-order valence-corrected chi connectivity index (χ4v) is 1.82. The molecule has 1 aromatic carbocycles. The molecule has 0 saturated carbocycles. The van der Waals surface area contributed by atoms with Gasteiger partial charge in [-0.2, -0.15) is 0 Å². The molecule has 0 heterocycles. The average Bonchev–Trinajstić information content (AvgIpc) is 2.27. The van der Waals surface area contributed by atoms with Gasteiger partial charge in [0.1, 0.15) is 6.10 Å². The zero-order valence-corrected chi connectivity index (χ0v) is 10.2. The van der Waals surface area contributed by atoms with Crippen molar-refractivity contribution < 1.29 is 20.1 Å². The van der Waals surface area contributed by atoms with Crippen molar-refractivity contribution in [1.29, 1.82) is 0 Å². The van der Waals surface area contributed by atoms with Crippen molar-refractivity contribution in [1.82, 2.24) is 0 Å². The summed E-state index contributed by atoms with van der Waals surface area (Å²) in [5.74, 6) is -0.927. The predicted octanol–water partition coefficient (Wildman–Crippen LogP) is 1.72. The van der Waals surface area contributed by atoms with E-state index in [0.717, 1.165) is 5.56 Å². The van der Waals surface area contributed by atoms with Crippen LogP contribution in [-0.2, 0) is 0 Å². The maximum atomic E-state index is 11.0. The molecular formula is C12H15ClO4. The number of aryl methyl sites for hydroxylation is 1. The van der Waals surface area contributed by atoms with Gasteiger partial charge in [-0.1, -0.05) is 17.7 Å². The van der Waals surface area contributed by atoms with Crippen molar-refractivity contribution in [2.45, 2.75) is 25.6 Å². The number of carboxylic acid groups (broad SMARTS) is 1. The number of hydrogen-bond donors (Lipinski definition) is 3. The number of benzene rings is 1. The van der Waals surface area contributed by atoms with Gasteiger partial charge in [-0.15, -0.1) is 11.6 Å². The van der Waals surface area contributed by atoms with Gasteiger partial charge < -0.3 is 15.3 Å². The van der Waals surface area contributed by atoms with E-state index in [2.05, 4.69) is 0 Å². The van der Waals surface area contributed by atoms with Crippen LogP contribution in [0.2, 0.25) is 0 Å². The first kappa shape index (κ1) is 14.0. The second-order valence-electron chi connectivity index (χ2n) is 3.89. The van der Waals surface area contributed by atoms with Crippen LogP contribution in [-0.4, -0.2) is 33.3 Å². The molecule has 0 spiro atoms. The molecule has 1 rings (SSSR count). The largest absolute Gasteiger partial charge is 0.478 e. The van der Waals surface area contributed by atoms with Gasteiger partial charge in [0, 0.05) is 5.88 Å². The highest BCUT2D eigenvalue weighted by Crippen LogP contribution is 2.24. The van der Waals surface area contributed by atoms with Gasteiger partial charge in [0.2, 0.25) is 0 Å². The van der Waals surface area contributed by atoms with Gasteiger partial charge >= 0.3 is 5.97 Å². The van der Waals surface area contributed by atoms with Crippen molar-refractivity contribution in [2.24, 2.45) is 0 Å². The van der Waals surface area contributed by atoms with Crippen LogP contribution in [0.25, 0.3) is 0 Å². The standard InChI is InChI=1S/C12H15ClO4/c1-7-2-3-8(12(16)17)9(6-7)11(15)10(14)4-5-13/h2-3,6,10-11,14-15H,4-5H2,1H3,(H,16,17). The van der Waals surface area contributed by atoms with Crippen molar-refractivity contribution in [3.05, 3.63) is 34.9 Å². The van der Waals surface area contributed by atoms with Crippen molar-refractivity contribution in [2.75, 3.05) is 5.88 Å². The Morgan fingerprint density at radius 2 is 2.06 bits per heavy atom. The molecule has 0 aliphatic heterocycles. The minimum atomic E-state index is -1.24. The van der Waals surface area contributed by atoms with E-state index in [1.807, 2.05) is 0 Å². The summed E-state index contributed by atoms with van der Waals surface area (Å²) in [6.07, 6.45) is -2.09. The Morgan fingerprint density at radius 3 is 2.59 bits per heavy atom. The van der Waals surface area contributed by atoms with Crippen LogP contribution in [0.4, 0.5) is 0 Å². The Kier molecular flexibility index (Phi) is 4.93. The second-order valence-corrected chi connectivity index (χ2v) is 4.26. The minimum absolute atomic E-state index is 0.00303. The zero-order valence-electron chi connectivity index (χ0n) is 9.43. The number of carbonyl (C=O) groups is 1. The van der Waals surface area contributed by atoms with Crippen LogP contribution < -0.4 is 0 Å². The topological polar surface area (TPSA) is 77.8 Å². The van der Waals surface area contributed by atoms with Crippen LogP contribution in [0.3, 0.4) is 0 Å². The minimum Gasteiger partial charge on any atom is -0.478 e. The third-order valence-electron chi connectivity index (χ3n) is 2.53. The first-order valence-corrected chi connectivity index (χ1v) is 5.76. The molecule has 0 saturated heterocycles. The fourth-order valence-electron chi connectivity index (χ4n) is 1.60. The summed E-state index contributed by atoms with van der Waals surface area (Å²) in [7, 11) is 0. The molecule has 94 valence electrons. The predicted molar refractivity (Wildman–Crippen MR) is 64.4 cm³/mol. The molecule has 0 amide bonds. The molecule has 0 fully saturated rings. The fraction of sp³-hybridized carbons (Fsp3) is 0.417. The van der Waals surface area contributed by atoms with E-state index in [1.165, 1.54) is 6.07 Å². The van der Waals surface area contributed by atoms with Gasteiger partial charge in [0.15, 0.2) is 0 Å². The van der Waals surface area contributed by atoms with Crippen LogP contribution in [0.15, 0.2) is 18.2 Å². The van der Waals surface area contributed by atoms with Crippen LogP contribution in [0.5, 0.6) is 0 Å². The number of aromatic carboxylic acids is 1. The summed E-state index contributed by atoms with van der Waals surface area (Å²) in [5, 5.41) is 28.5.